The number of hydrogen-bond acceptors (Lipinski definition) is 2. The maximum absolute atomic E-state index is 6.12. The van der Waals surface area contributed by atoms with Crippen molar-refractivity contribution < 1.29 is 4.74 Å². The summed E-state index contributed by atoms with van der Waals surface area (Å²) in [4.78, 5) is 0. The van der Waals surface area contributed by atoms with Gasteiger partial charge in [-0.25, -0.2) is 0 Å². The number of para-hydroxylation sites is 1. The summed E-state index contributed by atoms with van der Waals surface area (Å²) in [6, 6.07) is 17.0. The second-order valence-corrected chi connectivity index (χ2v) is 5.45. The molecular formula is C19H25NO. The van der Waals surface area contributed by atoms with E-state index < -0.39 is 0 Å². The van der Waals surface area contributed by atoms with Gasteiger partial charge < -0.3 is 10.1 Å². The van der Waals surface area contributed by atoms with Gasteiger partial charge >= 0.3 is 0 Å². The van der Waals surface area contributed by atoms with Gasteiger partial charge in [0.25, 0.3) is 0 Å². The van der Waals surface area contributed by atoms with Crippen LogP contribution in [0.15, 0.2) is 48.5 Å². The molecule has 0 aliphatic rings. The van der Waals surface area contributed by atoms with E-state index in [4.69, 9.17) is 4.74 Å². The molecule has 0 saturated heterocycles. The van der Waals surface area contributed by atoms with Crippen molar-refractivity contribution in [1.82, 2.24) is 5.32 Å². The summed E-state index contributed by atoms with van der Waals surface area (Å²) in [6.07, 6.45) is 1.12. The van der Waals surface area contributed by atoms with E-state index in [0.29, 0.717) is 6.61 Å². The predicted molar refractivity (Wildman–Crippen MR) is 88.9 cm³/mol. The van der Waals surface area contributed by atoms with E-state index in [0.717, 1.165) is 18.7 Å². The number of benzene rings is 2. The van der Waals surface area contributed by atoms with Crippen molar-refractivity contribution in [3.05, 3.63) is 65.2 Å². The lowest BCUT2D eigenvalue weighted by Crippen LogP contribution is -2.27. The molecule has 2 aromatic carbocycles. The maximum Gasteiger partial charge on any atom is 0.125 e. The van der Waals surface area contributed by atoms with E-state index in [1.807, 2.05) is 6.07 Å². The lowest BCUT2D eigenvalue weighted by molar-refractivity contribution is 0.263. The number of rotatable bonds is 7. The molecule has 0 saturated carbocycles. The minimum atomic E-state index is 0.227. The highest BCUT2D eigenvalue weighted by molar-refractivity contribution is 5.39. The number of ether oxygens (including phenoxy) is 1. The van der Waals surface area contributed by atoms with Gasteiger partial charge in [-0.3, -0.25) is 0 Å². The van der Waals surface area contributed by atoms with E-state index in [1.165, 1.54) is 16.7 Å². The van der Waals surface area contributed by atoms with Gasteiger partial charge in [-0.2, -0.15) is 0 Å². The Hall–Kier alpha value is -1.80. The lowest BCUT2D eigenvalue weighted by atomic mass is 10.1. The number of hydrogen-bond donors (Lipinski definition) is 1. The van der Waals surface area contributed by atoms with Gasteiger partial charge in [0.05, 0.1) is 6.04 Å². The van der Waals surface area contributed by atoms with Crippen LogP contribution in [-0.2, 0) is 0 Å². The average Bonchev–Trinajstić information content (AvgIpc) is 2.50. The van der Waals surface area contributed by atoms with Crippen molar-refractivity contribution in [2.24, 2.45) is 0 Å². The average molecular weight is 283 g/mol. The van der Waals surface area contributed by atoms with E-state index >= 15 is 0 Å². The second kappa shape index (κ2) is 7.84. The van der Waals surface area contributed by atoms with E-state index in [2.05, 4.69) is 68.6 Å². The predicted octanol–water partition coefficient (Wildman–Crippen LogP) is 4.42. The van der Waals surface area contributed by atoms with Crippen LogP contribution in [0.4, 0.5) is 0 Å². The van der Waals surface area contributed by atoms with E-state index in [1.54, 1.807) is 0 Å². The van der Waals surface area contributed by atoms with Crippen molar-refractivity contribution in [2.45, 2.75) is 33.2 Å². The van der Waals surface area contributed by atoms with Crippen LogP contribution in [0.2, 0.25) is 0 Å². The Labute approximate surface area is 128 Å². The van der Waals surface area contributed by atoms with Crippen LogP contribution >= 0.6 is 0 Å². The number of aryl methyl sites for hydroxylation is 2. The smallest absolute Gasteiger partial charge is 0.125 e. The highest BCUT2D eigenvalue weighted by Gasteiger charge is 2.12. The summed E-state index contributed by atoms with van der Waals surface area (Å²) in [5.74, 6) is 1.01. The van der Waals surface area contributed by atoms with Crippen molar-refractivity contribution >= 4 is 0 Å². The van der Waals surface area contributed by atoms with Crippen LogP contribution in [0.5, 0.6) is 5.75 Å². The molecule has 0 bridgehead atoms. The van der Waals surface area contributed by atoms with Crippen LogP contribution < -0.4 is 10.1 Å². The van der Waals surface area contributed by atoms with Gasteiger partial charge in [0.1, 0.15) is 12.4 Å². The maximum atomic E-state index is 6.12. The first-order chi connectivity index (χ1) is 10.2. The topological polar surface area (TPSA) is 21.3 Å². The van der Waals surface area contributed by atoms with Crippen LogP contribution in [-0.4, -0.2) is 13.2 Å². The van der Waals surface area contributed by atoms with Crippen molar-refractivity contribution in [3.63, 3.8) is 0 Å². The van der Waals surface area contributed by atoms with Crippen LogP contribution in [0.1, 0.15) is 36.1 Å². The summed E-state index contributed by atoms with van der Waals surface area (Å²) in [7, 11) is 0. The molecule has 2 rings (SSSR count). The SMILES string of the molecule is CCCNC(COc1c(C)cccc1C)c1ccccc1. The van der Waals surface area contributed by atoms with Crippen LogP contribution in [0, 0.1) is 13.8 Å². The summed E-state index contributed by atoms with van der Waals surface area (Å²) >= 11 is 0. The molecule has 0 spiro atoms. The van der Waals surface area contributed by atoms with Gasteiger partial charge in [0.15, 0.2) is 0 Å². The van der Waals surface area contributed by atoms with Gasteiger partial charge in [-0.05, 0) is 43.5 Å². The molecule has 0 aliphatic carbocycles. The Kier molecular flexibility index (Phi) is 5.82. The normalized spacial score (nSPS) is 12.1. The van der Waals surface area contributed by atoms with Crippen LogP contribution in [0.25, 0.3) is 0 Å². The van der Waals surface area contributed by atoms with E-state index in [9.17, 15) is 0 Å². The fourth-order valence-electron chi connectivity index (χ4n) is 2.47. The van der Waals surface area contributed by atoms with Crippen molar-refractivity contribution in [3.8, 4) is 5.75 Å². The molecular weight excluding hydrogens is 258 g/mol. The third-order valence-corrected chi connectivity index (χ3v) is 3.65. The number of nitrogens with one attached hydrogen (secondary N) is 1. The minimum absolute atomic E-state index is 0.227. The molecule has 21 heavy (non-hydrogen) atoms. The Balaban J connectivity index is 2.09. The molecule has 2 nitrogen and oxygen atoms in total. The molecule has 0 fully saturated rings. The standard InChI is InChI=1S/C19H25NO/c1-4-13-20-18(17-11-6-5-7-12-17)14-21-19-15(2)9-8-10-16(19)3/h5-12,18,20H,4,13-14H2,1-3H3. The monoisotopic (exact) mass is 283 g/mol. The molecule has 2 heteroatoms. The molecule has 0 aliphatic heterocycles. The zero-order chi connectivity index (χ0) is 15.1. The molecule has 112 valence electrons. The minimum Gasteiger partial charge on any atom is -0.491 e. The lowest BCUT2D eigenvalue weighted by Gasteiger charge is -2.21. The Morgan fingerprint density at radius 2 is 1.62 bits per heavy atom. The zero-order valence-electron chi connectivity index (χ0n) is 13.2. The zero-order valence-corrected chi connectivity index (χ0v) is 13.2. The molecule has 1 atom stereocenters. The van der Waals surface area contributed by atoms with Crippen molar-refractivity contribution in [2.75, 3.05) is 13.2 Å². The molecule has 0 radical (unpaired) electrons. The highest BCUT2D eigenvalue weighted by Crippen LogP contribution is 2.24. The highest BCUT2D eigenvalue weighted by atomic mass is 16.5. The molecule has 0 amide bonds. The Morgan fingerprint density at radius 3 is 2.24 bits per heavy atom. The molecule has 2 aromatic rings. The van der Waals surface area contributed by atoms with Gasteiger partial charge in [-0.1, -0.05) is 55.5 Å². The Bertz CT molecular complexity index is 530. The third kappa shape index (κ3) is 4.33. The quantitative estimate of drug-likeness (QED) is 0.812. The summed E-state index contributed by atoms with van der Waals surface area (Å²) in [5, 5.41) is 3.57. The fraction of sp³-hybridized carbons (Fsp3) is 0.368. The summed E-state index contributed by atoms with van der Waals surface area (Å²) in [5.41, 5.74) is 3.66. The van der Waals surface area contributed by atoms with E-state index in [-0.39, 0.29) is 6.04 Å². The summed E-state index contributed by atoms with van der Waals surface area (Å²) in [6.45, 7) is 8.02. The third-order valence-electron chi connectivity index (χ3n) is 3.65. The van der Waals surface area contributed by atoms with Gasteiger partial charge in [-0.15, -0.1) is 0 Å². The van der Waals surface area contributed by atoms with Crippen LogP contribution in [0.3, 0.4) is 0 Å². The molecule has 0 aromatic heterocycles. The first kappa shape index (κ1) is 15.6. The van der Waals surface area contributed by atoms with Gasteiger partial charge in [0.2, 0.25) is 0 Å². The molecule has 1 unspecified atom stereocenters. The molecule has 1 N–H and O–H groups in total. The van der Waals surface area contributed by atoms with Gasteiger partial charge in [0, 0.05) is 0 Å². The Morgan fingerprint density at radius 1 is 0.952 bits per heavy atom. The molecule has 0 heterocycles. The fourth-order valence-corrected chi connectivity index (χ4v) is 2.47. The second-order valence-electron chi connectivity index (χ2n) is 5.45. The largest absolute Gasteiger partial charge is 0.491 e. The first-order valence-electron chi connectivity index (χ1n) is 7.69. The summed E-state index contributed by atoms with van der Waals surface area (Å²) < 4.78 is 6.12. The van der Waals surface area contributed by atoms with Crippen molar-refractivity contribution in [1.29, 1.82) is 0 Å². The first-order valence-corrected chi connectivity index (χ1v) is 7.69.